The van der Waals surface area contributed by atoms with Crippen molar-refractivity contribution in [1.29, 1.82) is 0 Å². The summed E-state index contributed by atoms with van der Waals surface area (Å²) < 4.78 is 0. The van der Waals surface area contributed by atoms with Crippen LogP contribution in [-0.4, -0.2) is 23.3 Å². The van der Waals surface area contributed by atoms with Crippen LogP contribution in [0.15, 0.2) is 24.3 Å². The van der Waals surface area contributed by atoms with Crippen molar-refractivity contribution in [3.63, 3.8) is 0 Å². The van der Waals surface area contributed by atoms with Gasteiger partial charge in [-0.15, -0.1) is 0 Å². The van der Waals surface area contributed by atoms with Crippen LogP contribution in [0.1, 0.15) is 39.0 Å². The van der Waals surface area contributed by atoms with Crippen LogP contribution in [0.25, 0.3) is 0 Å². The molecule has 2 N–H and O–H groups in total. The van der Waals surface area contributed by atoms with Gasteiger partial charge in [0, 0.05) is 5.41 Å². The molecule has 0 amide bonds. The molecule has 17 heavy (non-hydrogen) atoms. The third-order valence-electron chi connectivity index (χ3n) is 5.44. The Kier molecular flexibility index (Phi) is 2.68. The number of hydrogen-bond donors (Lipinski definition) is 2. The van der Waals surface area contributed by atoms with Gasteiger partial charge in [-0.05, 0) is 44.6 Å². The lowest BCUT2D eigenvalue weighted by atomic mass is 9.54. The van der Waals surface area contributed by atoms with Crippen LogP contribution in [0.2, 0.25) is 0 Å². The molecule has 2 aliphatic heterocycles. The second-order valence-corrected chi connectivity index (χ2v) is 6.01. The van der Waals surface area contributed by atoms with E-state index in [0.29, 0.717) is 5.92 Å². The standard InChI is InChI=1S/C15H23NO/c1-2-14(7-4-3-5-8-14)15-9-6-12(11-16-15)10-13(15)17/h3-5,7,12-13,16-17H,2,6,8-11H2,1H3/t12-,13+,14-,15-/m1/s1. The second-order valence-electron chi connectivity index (χ2n) is 6.01. The largest absolute Gasteiger partial charge is 0.391 e. The highest BCUT2D eigenvalue weighted by Crippen LogP contribution is 2.52. The Morgan fingerprint density at radius 2 is 2.29 bits per heavy atom. The quantitative estimate of drug-likeness (QED) is 0.767. The second kappa shape index (κ2) is 3.96. The molecular weight excluding hydrogens is 210 g/mol. The molecule has 3 fully saturated rings. The molecule has 2 heterocycles. The Labute approximate surface area is 104 Å². The first-order valence-corrected chi connectivity index (χ1v) is 7.00. The highest BCUT2D eigenvalue weighted by atomic mass is 16.3. The number of piperidine rings is 2. The third-order valence-corrected chi connectivity index (χ3v) is 5.44. The number of rotatable bonds is 2. The van der Waals surface area contributed by atoms with Crippen LogP contribution in [0.3, 0.4) is 0 Å². The van der Waals surface area contributed by atoms with Gasteiger partial charge in [-0.3, -0.25) is 0 Å². The summed E-state index contributed by atoms with van der Waals surface area (Å²) in [6.07, 6.45) is 14.3. The van der Waals surface area contributed by atoms with Crippen LogP contribution < -0.4 is 5.32 Å². The minimum Gasteiger partial charge on any atom is -0.391 e. The number of aliphatic hydroxyl groups is 1. The summed E-state index contributed by atoms with van der Waals surface area (Å²) in [7, 11) is 0. The number of hydrogen-bond acceptors (Lipinski definition) is 2. The third kappa shape index (κ3) is 1.47. The summed E-state index contributed by atoms with van der Waals surface area (Å²) in [5.74, 6) is 0.698. The molecule has 4 aliphatic rings. The summed E-state index contributed by atoms with van der Waals surface area (Å²) >= 11 is 0. The van der Waals surface area contributed by atoms with Crippen LogP contribution in [0.4, 0.5) is 0 Å². The van der Waals surface area contributed by atoms with Gasteiger partial charge in [0.05, 0.1) is 11.6 Å². The van der Waals surface area contributed by atoms with Crippen molar-refractivity contribution in [2.45, 2.75) is 50.7 Å². The Bertz CT molecular complexity index is 352. The minimum absolute atomic E-state index is 0.0717. The lowest BCUT2D eigenvalue weighted by molar-refractivity contribution is -0.0898. The molecule has 4 rings (SSSR count). The molecule has 4 atom stereocenters. The van der Waals surface area contributed by atoms with Crippen LogP contribution in [0, 0.1) is 11.3 Å². The maximum atomic E-state index is 10.6. The maximum absolute atomic E-state index is 10.6. The zero-order valence-corrected chi connectivity index (χ0v) is 10.7. The first kappa shape index (κ1) is 11.5. The fourth-order valence-electron chi connectivity index (χ4n) is 4.28. The fraction of sp³-hybridized carbons (Fsp3) is 0.733. The predicted octanol–water partition coefficient (Wildman–Crippen LogP) is 2.40. The fourth-order valence-corrected chi connectivity index (χ4v) is 4.28. The van der Waals surface area contributed by atoms with Crippen LogP contribution in [0.5, 0.6) is 0 Å². The highest BCUT2D eigenvalue weighted by Gasteiger charge is 2.57. The summed E-state index contributed by atoms with van der Waals surface area (Å²) in [5.41, 5.74) is 0.0459. The van der Waals surface area contributed by atoms with E-state index in [1.807, 2.05) is 0 Å². The molecule has 0 spiro atoms. The van der Waals surface area contributed by atoms with Crippen molar-refractivity contribution >= 4 is 0 Å². The van der Waals surface area contributed by atoms with Crippen molar-refractivity contribution in [2.24, 2.45) is 11.3 Å². The van der Waals surface area contributed by atoms with E-state index < -0.39 is 0 Å². The minimum atomic E-state index is -0.175. The van der Waals surface area contributed by atoms with Gasteiger partial charge in [-0.2, -0.15) is 0 Å². The van der Waals surface area contributed by atoms with E-state index in [9.17, 15) is 5.11 Å². The molecule has 2 nitrogen and oxygen atoms in total. The predicted molar refractivity (Wildman–Crippen MR) is 69.7 cm³/mol. The maximum Gasteiger partial charge on any atom is 0.0733 e. The molecule has 0 aromatic rings. The van der Waals surface area contributed by atoms with Crippen molar-refractivity contribution in [1.82, 2.24) is 5.32 Å². The highest BCUT2D eigenvalue weighted by molar-refractivity contribution is 5.27. The summed E-state index contributed by atoms with van der Waals surface area (Å²) in [4.78, 5) is 0. The molecule has 1 saturated carbocycles. The molecule has 0 unspecified atom stereocenters. The zero-order valence-electron chi connectivity index (χ0n) is 10.7. The molecule has 0 radical (unpaired) electrons. The van der Waals surface area contributed by atoms with Crippen molar-refractivity contribution in [3.05, 3.63) is 24.3 Å². The summed E-state index contributed by atoms with van der Waals surface area (Å²) in [6, 6.07) is 0. The molecule has 2 aliphatic carbocycles. The number of allylic oxidation sites excluding steroid dienone is 3. The van der Waals surface area contributed by atoms with Gasteiger partial charge >= 0.3 is 0 Å². The van der Waals surface area contributed by atoms with E-state index in [1.165, 1.54) is 6.42 Å². The van der Waals surface area contributed by atoms with Crippen LogP contribution in [-0.2, 0) is 0 Å². The van der Waals surface area contributed by atoms with E-state index in [-0.39, 0.29) is 17.1 Å². The van der Waals surface area contributed by atoms with E-state index >= 15 is 0 Å². The normalized spacial score (nSPS) is 48.6. The van der Waals surface area contributed by atoms with Gasteiger partial charge in [0.25, 0.3) is 0 Å². The Morgan fingerprint density at radius 1 is 1.41 bits per heavy atom. The molecule has 0 aromatic heterocycles. The summed E-state index contributed by atoms with van der Waals surface area (Å²) in [5, 5.41) is 14.3. The monoisotopic (exact) mass is 233 g/mol. The van der Waals surface area contributed by atoms with Crippen molar-refractivity contribution in [2.75, 3.05) is 6.54 Å². The van der Waals surface area contributed by atoms with Gasteiger partial charge in [0.15, 0.2) is 0 Å². The average Bonchev–Trinajstić information content (AvgIpc) is 2.40. The Balaban J connectivity index is 1.99. The number of nitrogens with one attached hydrogen (secondary N) is 1. The first-order chi connectivity index (χ1) is 8.22. The Hall–Kier alpha value is -0.600. The zero-order chi connectivity index (χ0) is 11.9. The molecule has 0 aromatic carbocycles. The Morgan fingerprint density at radius 3 is 2.82 bits per heavy atom. The molecule has 2 saturated heterocycles. The number of aliphatic hydroxyl groups excluding tert-OH is 1. The van der Waals surface area contributed by atoms with Gasteiger partial charge in [0.1, 0.15) is 0 Å². The van der Waals surface area contributed by atoms with Gasteiger partial charge in [0.2, 0.25) is 0 Å². The number of fused-ring (bicyclic) bond motifs is 3. The van der Waals surface area contributed by atoms with Crippen molar-refractivity contribution in [3.8, 4) is 0 Å². The molecule has 2 heteroatoms. The average molecular weight is 233 g/mol. The van der Waals surface area contributed by atoms with E-state index in [4.69, 9.17) is 0 Å². The van der Waals surface area contributed by atoms with E-state index in [2.05, 4.69) is 36.5 Å². The lowest BCUT2D eigenvalue weighted by Gasteiger charge is -2.60. The van der Waals surface area contributed by atoms with Gasteiger partial charge < -0.3 is 10.4 Å². The first-order valence-electron chi connectivity index (χ1n) is 7.00. The molecular formula is C15H23NO. The lowest BCUT2D eigenvalue weighted by Crippen LogP contribution is -2.71. The van der Waals surface area contributed by atoms with E-state index in [0.717, 1.165) is 32.2 Å². The summed E-state index contributed by atoms with van der Waals surface area (Å²) in [6.45, 7) is 3.35. The SMILES string of the molecule is CC[C@@]1([C@]23CC[C@@H](CN2)C[C@@H]3O)C=CC=CC1. The van der Waals surface area contributed by atoms with Crippen molar-refractivity contribution < 1.29 is 5.11 Å². The molecule has 2 bridgehead atoms. The van der Waals surface area contributed by atoms with Crippen LogP contribution >= 0.6 is 0 Å². The van der Waals surface area contributed by atoms with Gasteiger partial charge in [-0.25, -0.2) is 0 Å². The topological polar surface area (TPSA) is 32.3 Å². The van der Waals surface area contributed by atoms with E-state index in [1.54, 1.807) is 0 Å². The van der Waals surface area contributed by atoms with Gasteiger partial charge in [-0.1, -0.05) is 31.2 Å². The molecule has 94 valence electrons. The smallest absolute Gasteiger partial charge is 0.0733 e.